The van der Waals surface area contributed by atoms with E-state index in [9.17, 15) is 8.42 Å². The third-order valence-electron chi connectivity index (χ3n) is 3.19. The van der Waals surface area contributed by atoms with Crippen LogP contribution in [0.25, 0.3) is 0 Å². The fourth-order valence-corrected chi connectivity index (χ4v) is 3.02. The maximum atomic E-state index is 12.0. The molecule has 4 heteroatoms. The molecule has 0 aromatic carbocycles. The van der Waals surface area contributed by atoms with Crippen LogP contribution in [0.4, 0.5) is 0 Å². The molecule has 98 valence electrons. The van der Waals surface area contributed by atoms with Gasteiger partial charge in [-0.15, -0.1) is 0 Å². The van der Waals surface area contributed by atoms with Crippen molar-refractivity contribution in [2.24, 2.45) is 5.92 Å². The van der Waals surface area contributed by atoms with Crippen molar-refractivity contribution >= 4 is 9.84 Å². The van der Waals surface area contributed by atoms with Gasteiger partial charge in [-0.05, 0) is 26.2 Å². The van der Waals surface area contributed by atoms with Gasteiger partial charge in [-0.2, -0.15) is 0 Å². The number of hydrogen-bond acceptors (Lipinski definition) is 3. The number of hydrogen-bond donors (Lipinski definition) is 1. The smallest absolute Gasteiger partial charge is 0.154 e. The predicted octanol–water partition coefficient (Wildman–Crippen LogP) is 2.22. The molecule has 16 heavy (non-hydrogen) atoms. The highest BCUT2D eigenvalue weighted by Crippen LogP contribution is 2.10. The molecule has 1 N–H and O–H groups in total. The zero-order valence-corrected chi connectivity index (χ0v) is 12.1. The Kier molecular flexibility index (Phi) is 7.24. The molecule has 0 amide bonds. The monoisotopic (exact) mass is 249 g/mol. The largest absolute Gasteiger partial charge is 0.313 e. The van der Waals surface area contributed by atoms with Crippen LogP contribution in [0.2, 0.25) is 0 Å². The van der Waals surface area contributed by atoms with Gasteiger partial charge >= 0.3 is 0 Å². The van der Waals surface area contributed by atoms with Gasteiger partial charge in [-0.25, -0.2) is 8.42 Å². The maximum Gasteiger partial charge on any atom is 0.154 e. The van der Waals surface area contributed by atoms with Gasteiger partial charge in [0.1, 0.15) is 0 Å². The number of sulfone groups is 1. The van der Waals surface area contributed by atoms with Gasteiger partial charge in [0, 0.05) is 12.6 Å². The van der Waals surface area contributed by atoms with Gasteiger partial charge in [0.25, 0.3) is 0 Å². The molecule has 0 spiro atoms. The van der Waals surface area contributed by atoms with Crippen LogP contribution in [0.5, 0.6) is 0 Å². The van der Waals surface area contributed by atoms with E-state index < -0.39 is 9.84 Å². The highest BCUT2D eigenvalue weighted by atomic mass is 32.2. The van der Waals surface area contributed by atoms with Gasteiger partial charge in [-0.3, -0.25) is 0 Å². The predicted molar refractivity (Wildman–Crippen MR) is 70.5 cm³/mol. The highest BCUT2D eigenvalue weighted by molar-refractivity contribution is 7.92. The first kappa shape index (κ1) is 15.9. The molecule has 0 bridgehead atoms. The minimum absolute atomic E-state index is 0.260. The van der Waals surface area contributed by atoms with Gasteiger partial charge in [0.2, 0.25) is 0 Å². The summed E-state index contributed by atoms with van der Waals surface area (Å²) in [6.45, 7) is 10.6. The summed E-state index contributed by atoms with van der Waals surface area (Å²) in [6, 6.07) is 0.390. The van der Waals surface area contributed by atoms with E-state index in [1.54, 1.807) is 6.92 Å². The highest BCUT2D eigenvalue weighted by Gasteiger charge is 2.22. The minimum atomic E-state index is -2.94. The van der Waals surface area contributed by atoms with Gasteiger partial charge in [-0.1, -0.05) is 27.2 Å². The van der Waals surface area contributed by atoms with Crippen LogP contribution >= 0.6 is 0 Å². The van der Waals surface area contributed by atoms with Crippen LogP contribution in [0.3, 0.4) is 0 Å². The standard InChI is InChI=1S/C12H27NO2S/c1-6-10(3)9-16(14,15)12(5)8-13-11(4)7-2/h10-13H,6-9H2,1-5H3. The first-order chi connectivity index (χ1) is 7.33. The lowest BCUT2D eigenvalue weighted by Gasteiger charge is -2.18. The second-order valence-corrected chi connectivity index (χ2v) is 7.33. The van der Waals surface area contributed by atoms with Crippen molar-refractivity contribution in [1.29, 1.82) is 0 Å². The molecule has 0 fully saturated rings. The molecule has 0 aromatic heterocycles. The average molecular weight is 249 g/mol. The van der Waals surface area contributed by atoms with Crippen LogP contribution in [-0.2, 0) is 9.84 Å². The van der Waals surface area contributed by atoms with Crippen LogP contribution < -0.4 is 5.32 Å². The van der Waals surface area contributed by atoms with E-state index in [1.165, 1.54) is 0 Å². The van der Waals surface area contributed by atoms with Crippen molar-refractivity contribution in [2.45, 2.75) is 58.8 Å². The maximum absolute atomic E-state index is 12.0. The van der Waals surface area contributed by atoms with Crippen molar-refractivity contribution in [1.82, 2.24) is 5.32 Å². The van der Waals surface area contributed by atoms with Crippen molar-refractivity contribution in [2.75, 3.05) is 12.3 Å². The molecular weight excluding hydrogens is 222 g/mol. The molecule has 0 saturated carbocycles. The SMILES string of the molecule is CCC(C)CS(=O)(=O)C(C)CNC(C)CC. The van der Waals surface area contributed by atoms with E-state index in [0.717, 1.165) is 12.8 Å². The summed E-state index contributed by atoms with van der Waals surface area (Å²) in [5.41, 5.74) is 0. The van der Waals surface area contributed by atoms with Crippen molar-refractivity contribution < 1.29 is 8.42 Å². The molecule has 0 aromatic rings. The minimum Gasteiger partial charge on any atom is -0.313 e. The molecule has 0 aliphatic heterocycles. The fraction of sp³-hybridized carbons (Fsp3) is 1.00. The van der Waals surface area contributed by atoms with Gasteiger partial charge in [0.15, 0.2) is 9.84 Å². The second kappa shape index (κ2) is 7.28. The molecule has 0 rings (SSSR count). The molecule has 0 heterocycles. The Labute approximate surface area is 101 Å². The number of nitrogens with one attached hydrogen (secondary N) is 1. The zero-order valence-electron chi connectivity index (χ0n) is 11.3. The Balaban J connectivity index is 4.20. The average Bonchev–Trinajstić information content (AvgIpc) is 2.24. The van der Waals surface area contributed by atoms with E-state index in [-0.39, 0.29) is 11.2 Å². The summed E-state index contributed by atoms with van der Waals surface area (Å²) in [6.07, 6.45) is 1.95. The normalized spacial score (nSPS) is 18.1. The van der Waals surface area contributed by atoms with Crippen LogP contribution in [0.15, 0.2) is 0 Å². The first-order valence-electron chi connectivity index (χ1n) is 6.28. The zero-order chi connectivity index (χ0) is 12.8. The van der Waals surface area contributed by atoms with Crippen molar-refractivity contribution in [3.05, 3.63) is 0 Å². The molecule has 0 saturated heterocycles. The van der Waals surface area contributed by atoms with E-state index in [2.05, 4.69) is 19.2 Å². The van der Waals surface area contributed by atoms with Gasteiger partial charge < -0.3 is 5.32 Å². The molecule has 3 unspecified atom stereocenters. The van der Waals surface area contributed by atoms with Crippen LogP contribution in [0, 0.1) is 5.92 Å². The van der Waals surface area contributed by atoms with Crippen LogP contribution in [-0.4, -0.2) is 32.0 Å². The molecular formula is C12H27NO2S. The Morgan fingerprint density at radius 3 is 2.06 bits per heavy atom. The van der Waals surface area contributed by atoms with Gasteiger partial charge in [0.05, 0.1) is 11.0 Å². The summed E-state index contributed by atoms with van der Waals surface area (Å²) in [5, 5.41) is 2.97. The molecule has 0 aliphatic rings. The summed E-state index contributed by atoms with van der Waals surface area (Å²) >= 11 is 0. The second-order valence-electron chi connectivity index (χ2n) is 4.87. The molecule has 0 radical (unpaired) electrons. The van der Waals surface area contributed by atoms with Crippen molar-refractivity contribution in [3.8, 4) is 0 Å². The third kappa shape index (κ3) is 5.85. The van der Waals surface area contributed by atoms with E-state index in [4.69, 9.17) is 0 Å². The fourth-order valence-electron chi connectivity index (χ4n) is 1.32. The summed E-state index contributed by atoms with van der Waals surface area (Å²) in [4.78, 5) is 0. The first-order valence-corrected chi connectivity index (χ1v) is 7.99. The molecule has 0 aliphatic carbocycles. The van der Waals surface area contributed by atoms with Crippen LogP contribution in [0.1, 0.15) is 47.5 Å². The Hall–Kier alpha value is -0.0900. The third-order valence-corrected chi connectivity index (χ3v) is 5.62. The number of rotatable bonds is 8. The van der Waals surface area contributed by atoms with Crippen molar-refractivity contribution in [3.63, 3.8) is 0 Å². The topological polar surface area (TPSA) is 46.2 Å². The lowest BCUT2D eigenvalue weighted by Crippen LogP contribution is -2.37. The van der Waals surface area contributed by atoms with E-state index >= 15 is 0 Å². The quantitative estimate of drug-likeness (QED) is 0.717. The Morgan fingerprint density at radius 2 is 1.62 bits per heavy atom. The lowest BCUT2D eigenvalue weighted by molar-refractivity contribution is 0.513. The Morgan fingerprint density at radius 1 is 1.06 bits per heavy atom. The lowest BCUT2D eigenvalue weighted by atomic mass is 10.2. The summed E-state index contributed by atoms with van der Waals surface area (Å²) < 4.78 is 23.9. The van der Waals surface area contributed by atoms with E-state index in [1.807, 2.05) is 13.8 Å². The Bertz CT molecular complexity index is 275. The summed E-state index contributed by atoms with van der Waals surface area (Å²) in [7, 11) is -2.94. The molecule has 3 nitrogen and oxygen atoms in total. The van der Waals surface area contributed by atoms with E-state index in [0.29, 0.717) is 18.3 Å². The molecule has 3 atom stereocenters. The summed E-state index contributed by atoms with van der Waals surface area (Å²) in [5.74, 6) is 0.573.